The largest absolute Gasteiger partial charge is 0.383 e. The van der Waals surface area contributed by atoms with Gasteiger partial charge in [0, 0.05) is 19.2 Å². The van der Waals surface area contributed by atoms with Crippen LogP contribution in [0.2, 0.25) is 0 Å². The minimum atomic E-state index is 0.635. The molecule has 2 unspecified atom stereocenters. The van der Waals surface area contributed by atoms with Crippen molar-refractivity contribution in [1.82, 2.24) is 5.32 Å². The van der Waals surface area contributed by atoms with Crippen molar-refractivity contribution in [2.45, 2.75) is 50.6 Å². The zero-order valence-corrected chi connectivity index (χ0v) is 8.59. The highest BCUT2D eigenvalue weighted by Gasteiger charge is 2.31. The van der Waals surface area contributed by atoms with Crippen molar-refractivity contribution in [3.05, 3.63) is 0 Å². The summed E-state index contributed by atoms with van der Waals surface area (Å²) >= 11 is 0. The number of hydrogen-bond donors (Lipinski definition) is 1. The lowest BCUT2D eigenvalue weighted by atomic mass is 9.97. The molecule has 13 heavy (non-hydrogen) atoms. The molecule has 1 aliphatic carbocycles. The highest BCUT2D eigenvalue weighted by Crippen LogP contribution is 2.32. The van der Waals surface area contributed by atoms with Gasteiger partial charge in [-0.05, 0) is 31.6 Å². The third-order valence-corrected chi connectivity index (χ3v) is 3.61. The van der Waals surface area contributed by atoms with Crippen LogP contribution in [0.25, 0.3) is 0 Å². The van der Waals surface area contributed by atoms with Crippen LogP contribution in [0, 0.1) is 5.92 Å². The van der Waals surface area contributed by atoms with Gasteiger partial charge in [0.05, 0.1) is 6.61 Å². The maximum absolute atomic E-state index is 5.17. The van der Waals surface area contributed by atoms with Gasteiger partial charge in [0.25, 0.3) is 0 Å². The summed E-state index contributed by atoms with van der Waals surface area (Å²) in [6.07, 6.45) is 8.51. The molecule has 2 heteroatoms. The monoisotopic (exact) mass is 183 g/mol. The molecule has 0 aromatic heterocycles. The summed E-state index contributed by atoms with van der Waals surface area (Å²) in [4.78, 5) is 0. The van der Waals surface area contributed by atoms with E-state index in [0.29, 0.717) is 6.04 Å². The Labute approximate surface area is 81.0 Å². The van der Waals surface area contributed by atoms with Crippen LogP contribution in [0.3, 0.4) is 0 Å². The van der Waals surface area contributed by atoms with Crippen molar-refractivity contribution in [2.24, 2.45) is 5.92 Å². The summed E-state index contributed by atoms with van der Waals surface area (Å²) in [5.41, 5.74) is 0. The van der Waals surface area contributed by atoms with E-state index in [9.17, 15) is 0 Å². The molecular weight excluding hydrogens is 162 g/mol. The Balaban J connectivity index is 1.76. The first kappa shape index (κ1) is 9.47. The van der Waals surface area contributed by atoms with E-state index in [0.717, 1.165) is 18.6 Å². The van der Waals surface area contributed by atoms with Crippen LogP contribution in [-0.2, 0) is 4.74 Å². The molecule has 76 valence electrons. The van der Waals surface area contributed by atoms with E-state index in [-0.39, 0.29) is 0 Å². The fourth-order valence-electron chi connectivity index (χ4n) is 2.91. The molecule has 2 rings (SSSR count). The summed E-state index contributed by atoms with van der Waals surface area (Å²) in [7, 11) is 1.80. The van der Waals surface area contributed by atoms with Gasteiger partial charge in [-0.15, -0.1) is 0 Å². The fraction of sp³-hybridized carbons (Fsp3) is 1.00. The lowest BCUT2D eigenvalue weighted by molar-refractivity contribution is 0.169. The predicted molar refractivity (Wildman–Crippen MR) is 53.8 cm³/mol. The van der Waals surface area contributed by atoms with Crippen LogP contribution >= 0.6 is 0 Å². The maximum Gasteiger partial charge on any atom is 0.0615 e. The summed E-state index contributed by atoms with van der Waals surface area (Å²) in [5, 5.41) is 3.71. The van der Waals surface area contributed by atoms with Crippen LogP contribution in [0.5, 0.6) is 0 Å². The standard InChI is InChI=1S/C11H21NO/c1-13-8-10-6-7-11(12-10)9-4-2-3-5-9/h9-12H,2-8H2,1H3. The van der Waals surface area contributed by atoms with Gasteiger partial charge < -0.3 is 10.1 Å². The Morgan fingerprint density at radius 3 is 2.62 bits per heavy atom. The maximum atomic E-state index is 5.17. The van der Waals surface area contributed by atoms with Gasteiger partial charge in [-0.3, -0.25) is 0 Å². The van der Waals surface area contributed by atoms with Gasteiger partial charge in [-0.1, -0.05) is 12.8 Å². The Bertz CT molecular complexity index is 154. The SMILES string of the molecule is COCC1CCC(C2CCCC2)N1. The van der Waals surface area contributed by atoms with Crippen molar-refractivity contribution in [2.75, 3.05) is 13.7 Å². The van der Waals surface area contributed by atoms with Crippen molar-refractivity contribution in [3.8, 4) is 0 Å². The van der Waals surface area contributed by atoms with Crippen molar-refractivity contribution < 1.29 is 4.74 Å². The van der Waals surface area contributed by atoms with E-state index in [1.165, 1.54) is 38.5 Å². The third kappa shape index (κ3) is 2.23. The predicted octanol–water partition coefficient (Wildman–Crippen LogP) is 1.94. The molecule has 1 saturated carbocycles. The summed E-state index contributed by atoms with van der Waals surface area (Å²) < 4.78 is 5.17. The second-order valence-corrected chi connectivity index (χ2v) is 4.55. The van der Waals surface area contributed by atoms with Crippen LogP contribution < -0.4 is 5.32 Å². The Kier molecular flexibility index (Phi) is 3.23. The van der Waals surface area contributed by atoms with Crippen molar-refractivity contribution in [1.29, 1.82) is 0 Å². The molecule has 1 saturated heterocycles. The molecule has 1 N–H and O–H groups in total. The molecule has 0 bridgehead atoms. The molecular formula is C11H21NO. The molecule has 2 aliphatic rings. The van der Waals surface area contributed by atoms with Crippen molar-refractivity contribution >= 4 is 0 Å². The normalized spacial score (nSPS) is 35.8. The van der Waals surface area contributed by atoms with Gasteiger partial charge in [0.1, 0.15) is 0 Å². The van der Waals surface area contributed by atoms with Gasteiger partial charge >= 0.3 is 0 Å². The minimum Gasteiger partial charge on any atom is -0.383 e. The smallest absolute Gasteiger partial charge is 0.0615 e. The molecule has 0 aromatic carbocycles. The zero-order valence-electron chi connectivity index (χ0n) is 8.59. The highest BCUT2D eigenvalue weighted by atomic mass is 16.5. The average Bonchev–Trinajstić information content (AvgIpc) is 2.70. The first-order valence-corrected chi connectivity index (χ1v) is 5.65. The van der Waals surface area contributed by atoms with E-state index in [1.807, 2.05) is 0 Å². The highest BCUT2D eigenvalue weighted by molar-refractivity contribution is 4.89. The second kappa shape index (κ2) is 4.43. The summed E-state index contributed by atoms with van der Waals surface area (Å²) in [5.74, 6) is 0.974. The first-order valence-electron chi connectivity index (χ1n) is 5.65. The third-order valence-electron chi connectivity index (χ3n) is 3.61. The van der Waals surface area contributed by atoms with E-state index < -0.39 is 0 Å². The van der Waals surface area contributed by atoms with E-state index in [1.54, 1.807) is 7.11 Å². The number of nitrogens with one attached hydrogen (secondary N) is 1. The Hall–Kier alpha value is -0.0800. The molecule has 0 spiro atoms. The average molecular weight is 183 g/mol. The van der Waals surface area contributed by atoms with Crippen LogP contribution in [0.15, 0.2) is 0 Å². The van der Waals surface area contributed by atoms with Crippen LogP contribution in [0.1, 0.15) is 38.5 Å². The summed E-state index contributed by atoms with van der Waals surface area (Å²) in [6.45, 7) is 0.892. The molecule has 0 radical (unpaired) electrons. The minimum absolute atomic E-state index is 0.635. The summed E-state index contributed by atoms with van der Waals surface area (Å²) in [6, 6.07) is 1.44. The lowest BCUT2D eigenvalue weighted by Gasteiger charge is -2.19. The number of hydrogen-bond acceptors (Lipinski definition) is 2. The van der Waals surface area contributed by atoms with Crippen molar-refractivity contribution in [3.63, 3.8) is 0 Å². The molecule has 2 fully saturated rings. The first-order chi connectivity index (χ1) is 6.40. The van der Waals surface area contributed by atoms with Crippen LogP contribution in [-0.4, -0.2) is 25.8 Å². The van der Waals surface area contributed by atoms with Crippen LogP contribution in [0.4, 0.5) is 0 Å². The quantitative estimate of drug-likeness (QED) is 0.722. The number of ether oxygens (including phenoxy) is 1. The Morgan fingerprint density at radius 1 is 1.15 bits per heavy atom. The molecule has 2 nitrogen and oxygen atoms in total. The second-order valence-electron chi connectivity index (χ2n) is 4.55. The number of rotatable bonds is 3. The molecule has 0 aromatic rings. The molecule has 2 atom stereocenters. The molecule has 1 aliphatic heterocycles. The van der Waals surface area contributed by atoms with E-state index in [4.69, 9.17) is 4.74 Å². The van der Waals surface area contributed by atoms with Gasteiger partial charge in [0.2, 0.25) is 0 Å². The molecule has 1 heterocycles. The van der Waals surface area contributed by atoms with Gasteiger partial charge in [-0.2, -0.15) is 0 Å². The van der Waals surface area contributed by atoms with Gasteiger partial charge in [0.15, 0.2) is 0 Å². The van der Waals surface area contributed by atoms with E-state index >= 15 is 0 Å². The molecule has 0 amide bonds. The number of methoxy groups -OCH3 is 1. The van der Waals surface area contributed by atoms with Gasteiger partial charge in [-0.25, -0.2) is 0 Å². The Morgan fingerprint density at radius 2 is 1.92 bits per heavy atom. The fourth-order valence-corrected chi connectivity index (χ4v) is 2.91. The van der Waals surface area contributed by atoms with E-state index in [2.05, 4.69) is 5.32 Å². The topological polar surface area (TPSA) is 21.3 Å². The lowest BCUT2D eigenvalue weighted by Crippen LogP contribution is -2.36. The zero-order chi connectivity index (χ0) is 9.10.